The predicted octanol–water partition coefficient (Wildman–Crippen LogP) is 2.91. The topological polar surface area (TPSA) is 88.6 Å². The van der Waals surface area contributed by atoms with E-state index in [1.807, 2.05) is 4.90 Å². The smallest absolute Gasteiger partial charge is 0.291 e. The van der Waals surface area contributed by atoms with Crippen molar-refractivity contribution in [3.63, 3.8) is 0 Å². The molecule has 0 aliphatic carbocycles. The minimum atomic E-state index is -0.345. The van der Waals surface area contributed by atoms with Crippen LogP contribution in [0.3, 0.4) is 0 Å². The van der Waals surface area contributed by atoms with Gasteiger partial charge in [0.1, 0.15) is 0 Å². The van der Waals surface area contributed by atoms with Crippen molar-refractivity contribution in [3.8, 4) is 0 Å². The van der Waals surface area contributed by atoms with Gasteiger partial charge in [-0.05, 0) is 49.6 Å². The van der Waals surface area contributed by atoms with Gasteiger partial charge in [0.15, 0.2) is 5.76 Å². The number of likely N-dealkylation sites (tertiary alicyclic amines) is 1. The molecule has 3 N–H and O–H groups in total. The number of nitrogens with two attached hydrogens (primary N) is 1. The van der Waals surface area contributed by atoms with Crippen LogP contribution in [0.1, 0.15) is 40.2 Å². The Bertz CT molecular complexity index is 718. The molecule has 2 amide bonds. The maximum atomic E-state index is 12.8. The van der Waals surface area contributed by atoms with E-state index in [1.165, 1.54) is 6.26 Å². The van der Waals surface area contributed by atoms with Gasteiger partial charge in [-0.3, -0.25) is 9.59 Å². The van der Waals surface area contributed by atoms with Crippen LogP contribution in [-0.4, -0.2) is 35.8 Å². The first-order valence-electron chi connectivity index (χ1n) is 8.15. The lowest BCUT2D eigenvalue weighted by Gasteiger charge is -2.35. The van der Waals surface area contributed by atoms with Crippen molar-refractivity contribution < 1.29 is 14.0 Å². The molecule has 2 aromatic rings. The van der Waals surface area contributed by atoms with Gasteiger partial charge in [-0.2, -0.15) is 0 Å². The number of furan rings is 1. The summed E-state index contributed by atoms with van der Waals surface area (Å²) >= 11 is 0. The monoisotopic (exact) mass is 363 g/mol. The summed E-state index contributed by atoms with van der Waals surface area (Å²) in [5.74, 6) is -0.160. The summed E-state index contributed by atoms with van der Waals surface area (Å²) < 4.78 is 5.07. The normalized spacial score (nSPS) is 16.8. The molecule has 0 radical (unpaired) electrons. The predicted molar refractivity (Wildman–Crippen MR) is 98.1 cm³/mol. The molecule has 6 nitrogen and oxygen atoms in total. The number of nitrogens with one attached hydrogen (secondary N) is 1. The SMILES string of the molecule is Cl.NCC1CCCCN1C(=O)c1cccc(NC(=O)c2ccco2)c1. The van der Waals surface area contributed by atoms with Crippen LogP contribution in [0.25, 0.3) is 0 Å². The Labute approximate surface area is 152 Å². The highest BCUT2D eigenvalue weighted by atomic mass is 35.5. The van der Waals surface area contributed by atoms with Crippen LogP contribution in [0.2, 0.25) is 0 Å². The van der Waals surface area contributed by atoms with Crippen molar-refractivity contribution in [3.05, 3.63) is 54.0 Å². The van der Waals surface area contributed by atoms with Crippen LogP contribution in [0, 0.1) is 0 Å². The van der Waals surface area contributed by atoms with E-state index in [0.717, 1.165) is 25.8 Å². The van der Waals surface area contributed by atoms with Gasteiger partial charge in [-0.25, -0.2) is 0 Å². The summed E-state index contributed by atoms with van der Waals surface area (Å²) in [5, 5.41) is 2.74. The third-order valence-electron chi connectivity index (χ3n) is 4.27. The first-order valence-corrected chi connectivity index (χ1v) is 8.15. The number of benzene rings is 1. The Morgan fingerprint density at radius 3 is 2.80 bits per heavy atom. The van der Waals surface area contributed by atoms with E-state index in [2.05, 4.69) is 5.32 Å². The van der Waals surface area contributed by atoms with Crippen LogP contribution in [0.15, 0.2) is 47.1 Å². The molecular weight excluding hydrogens is 342 g/mol. The minimum absolute atomic E-state index is 0. The van der Waals surface area contributed by atoms with Gasteiger partial charge in [-0.1, -0.05) is 6.07 Å². The Morgan fingerprint density at radius 1 is 1.24 bits per heavy atom. The third kappa shape index (κ3) is 4.41. The second-order valence-corrected chi connectivity index (χ2v) is 5.90. The number of nitrogens with zero attached hydrogens (tertiary/aromatic N) is 1. The molecule has 1 fully saturated rings. The Balaban J connectivity index is 0.00000225. The second-order valence-electron chi connectivity index (χ2n) is 5.90. The Kier molecular flexibility index (Phi) is 6.61. The van der Waals surface area contributed by atoms with Crippen molar-refractivity contribution in [1.82, 2.24) is 4.90 Å². The number of anilines is 1. The zero-order valence-electron chi connectivity index (χ0n) is 13.8. The fourth-order valence-corrected chi connectivity index (χ4v) is 3.01. The van der Waals surface area contributed by atoms with Gasteiger partial charge < -0.3 is 20.4 Å². The number of halogens is 1. The Morgan fingerprint density at radius 2 is 2.08 bits per heavy atom. The number of piperidine rings is 1. The Hall–Kier alpha value is -2.31. The fourth-order valence-electron chi connectivity index (χ4n) is 3.01. The zero-order chi connectivity index (χ0) is 16.9. The highest BCUT2D eigenvalue weighted by Crippen LogP contribution is 2.21. The van der Waals surface area contributed by atoms with Crippen molar-refractivity contribution >= 4 is 29.9 Å². The number of hydrogen-bond acceptors (Lipinski definition) is 4. The van der Waals surface area contributed by atoms with Crippen LogP contribution >= 0.6 is 12.4 Å². The molecule has 1 unspecified atom stereocenters. The van der Waals surface area contributed by atoms with Crippen molar-refractivity contribution in [1.29, 1.82) is 0 Å². The minimum Gasteiger partial charge on any atom is -0.459 e. The van der Waals surface area contributed by atoms with Gasteiger partial charge in [0.2, 0.25) is 0 Å². The lowest BCUT2D eigenvalue weighted by atomic mass is 10.0. The molecule has 1 aliphatic rings. The first-order chi connectivity index (χ1) is 11.7. The van der Waals surface area contributed by atoms with E-state index in [1.54, 1.807) is 36.4 Å². The van der Waals surface area contributed by atoms with Crippen LogP contribution < -0.4 is 11.1 Å². The largest absolute Gasteiger partial charge is 0.459 e. The summed E-state index contributed by atoms with van der Waals surface area (Å²) in [6.07, 6.45) is 4.48. The summed E-state index contributed by atoms with van der Waals surface area (Å²) in [5.41, 5.74) is 6.91. The molecule has 3 rings (SSSR count). The molecule has 0 spiro atoms. The van der Waals surface area contributed by atoms with Gasteiger partial charge in [0.05, 0.1) is 6.26 Å². The summed E-state index contributed by atoms with van der Waals surface area (Å²) in [4.78, 5) is 26.7. The maximum absolute atomic E-state index is 12.8. The van der Waals surface area contributed by atoms with Crippen LogP contribution in [-0.2, 0) is 0 Å². The number of carbonyl (C=O) groups excluding carboxylic acids is 2. The van der Waals surface area contributed by atoms with E-state index >= 15 is 0 Å². The quantitative estimate of drug-likeness (QED) is 0.874. The standard InChI is InChI=1S/C18H21N3O3.ClH/c19-12-15-7-1-2-9-21(15)18(23)13-5-3-6-14(11-13)20-17(22)16-8-4-10-24-16;/h3-6,8,10-11,15H,1-2,7,9,12,19H2,(H,20,22);1H. The highest BCUT2D eigenvalue weighted by Gasteiger charge is 2.26. The van der Waals surface area contributed by atoms with E-state index in [-0.39, 0.29) is 36.0 Å². The molecule has 1 aromatic carbocycles. The number of rotatable bonds is 4. The maximum Gasteiger partial charge on any atom is 0.291 e. The van der Waals surface area contributed by atoms with E-state index in [4.69, 9.17) is 10.2 Å². The average molecular weight is 364 g/mol. The van der Waals surface area contributed by atoms with Crippen molar-refractivity contribution in [2.24, 2.45) is 5.73 Å². The number of amides is 2. The van der Waals surface area contributed by atoms with Gasteiger partial charge in [0.25, 0.3) is 11.8 Å². The van der Waals surface area contributed by atoms with Gasteiger partial charge >= 0.3 is 0 Å². The molecule has 1 aromatic heterocycles. The van der Waals surface area contributed by atoms with Gasteiger partial charge in [-0.15, -0.1) is 12.4 Å². The fraction of sp³-hybridized carbons (Fsp3) is 0.333. The summed E-state index contributed by atoms with van der Waals surface area (Å²) in [7, 11) is 0. The summed E-state index contributed by atoms with van der Waals surface area (Å²) in [6, 6.07) is 10.3. The molecular formula is C18H22ClN3O3. The first kappa shape index (κ1) is 19.0. The zero-order valence-corrected chi connectivity index (χ0v) is 14.6. The van der Waals surface area contributed by atoms with Crippen LogP contribution in [0.5, 0.6) is 0 Å². The third-order valence-corrected chi connectivity index (χ3v) is 4.27. The molecule has 0 saturated carbocycles. The summed E-state index contributed by atoms with van der Waals surface area (Å²) in [6.45, 7) is 1.20. The average Bonchev–Trinajstić information content (AvgIpc) is 3.16. The molecule has 0 bridgehead atoms. The molecule has 1 aliphatic heterocycles. The molecule has 25 heavy (non-hydrogen) atoms. The number of hydrogen-bond donors (Lipinski definition) is 2. The van der Waals surface area contributed by atoms with Crippen LogP contribution in [0.4, 0.5) is 5.69 Å². The molecule has 7 heteroatoms. The molecule has 1 saturated heterocycles. The lowest BCUT2D eigenvalue weighted by Crippen LogP contribution is -2.47. The van der Waals surface area contributed by atoms with E-state index in [0.29, 0.717) is 17.8 Å². The molecule has 2 heterocycles. The van der Waals surface area contributed by atoms with E-state index in [9.17, 15) is 9.59 Å². The van der Waals surface area contributed by atoms with Gasteiger partial charge in [0, 0.05) is 30.4 Å². The highest BCUT2D eigenvalue weighted by molar-refractivity contribution is 6.03. The van der Waals surface area contributed by atoms with E-state index < -0.39 is 0 Å². The molecule has 1 atom stereocenters. The molecule has 134 valence electrons. The van der Waals surface area contributed by atoms with Crippen molar-refractivity contribution in [2.75, 3.05) is 18.4 Å². The number of carbonyl (C=O) groups is 2. The second kappa shape index (κ2) is 8.69. The lowest BCUT2D eigenvalue weighted by molar-refractivity contribution is 0.0623. The van der Waals surface area contributed by atoms with Crippen molar-refractivity contribution in [2.45, 2.75) is 25.3 Å².